The second-order valence-electron chi connectivity index (χ2n) is 8.71. The minimum absolute atomic E-state index is 0.236. The first-order chi connectivity index (χ1) is 17.4. The molecule has 0 aliphatic carbocycles. The molecule has 36 heavy (non-hydrogen) atoms. The van der Waals surface area contributed by atoms with Gasteiger partial charge >= 0.3 is 0 Å². The average Bonchev–Trinajstić information content (AvgIpc) is 2.90. The number of carbonyl (C=O) groups is 1. The van der Waals surface area contributed by atoms with Gasteiger partial charge in [0.05, 0.1) is 19.3 Å². The van der Waals surface area contributed by atoms with Crippen molar-refractivity contribution in [3.05, 3.63) is 106 Å². The van der Waals surface area contributed by atoms with Gasteiger partial charge in [0, 0.05) is 5.56 Å². The first-order valence-electron chi connectivity index (χ1n) is 11.7. The number of hydrogen-bond donors (Lipinski definition) is 0. The molecule has 184 valence electrons. The van der Waals surface area contributed by atoms with Gasteiger partial charge < -0.3 is 18.6 Å². The van der Waals surface area contributed by atoms with E-state index >= 15 is 0 Å². The number of allylic oxidation sites excluding steroid dienone is 1. The molecule has 0 fully saturated rings. The molecule has 0 atom stereocenters. The standard InChI is InChI=1S/C30H28O6/c1-20(2)17-35-27-5-4-6-28-29(27)30(32)23(19-36-28)11-16-26(31)22-9-14-25(15-10-22)34-18-21-7-12-24(33-3)13-8-21/h4-16,19-20H,17-18H2,1-3H3/b16-11+. The zero-order valence-electron chi connectivity index (χ0n) is 20.5. The van der Waals surface area contributed by atoms with E-state index in [1.165, 1.54) is 18.4 Å². The minimum Gasteiger partial charge on any atom is -0.497 e. The van der Waals surface area contributed by atoms with Crippen LogP contribution >= 0.6 is 0 Å². The largest absolute Gasteiger partial charge is 0.497 e. The molecule has 4 rings (SSSR count). The Bertz CT molecular complexity index is 1410. The Kier molecular flexibility index (Phi) is 7.85. The summed E-state index contributed by atoms with van der Waals surface area (Å²) in [5.74, 6) is 1.99. The maximum Gasteiger partial charge on any atom is 0.203 e. The van der Waals surface area contributed by atoms with E-state index < -0.39 is 0 Å². The minimum atomic E-state index is -0.248. The van der Waals surface area contributed by atoms with Crippen molar-refractivity contribution in [3.8, 4) is 17.2 Å². The first-order valence-corrected chi connectivity index (χ1v) is 11.7. The fourth-order valence-corrected chi connectivity index (χ4v) is 3.52. The van der Waals surface area contributed by atoms with Crippen molar-refractivity contribution >= 4 is 22.8 Å². The number of ether oxygens (including phenoxy) is 3. The predicted molar refractivity (Wildman–Crippen MR) is 140 cm³/mol. The van der Waals surface area contributed by atoms with Crippen molar-refractivity contribution in [3.63, 3.8) is 0 Å². The Morgan fingerprint density at radius 3 is 2.36 bits per heavy atom. The van der Waals surface area contributed by atoms with E-state index in [9.17, 15) is 9.59 Å². The van der Waals surface area contributed by atoms with Crippen molar-refractivity contribution in [1.29, 1.82) is 0 Å². The maximum absolute atomic E-state index is 13.1. The van der Waals surface area contributed by atoms with Crippen molar-refractivity contribution in [2.75, 3.05) is 13.7 Å². The van der Waals surface area contributed by atoms with Crippen LogP contribution in [0.25, 0.3) is 17.0 Å². The maximum atomic E-state index is 13.1. The Balaban J connectivity index is 1.44. The zero-order valence-corrected chi connectivity index (χ0v) is 20.5. The summed E-state index contributed by atoms with van der Waals surface area (Å²) in [4.78, 5) is 25.8. The molecule has 3 aromatic carbocycles. The van der Waals surface area contributed by atoms with Gasteiger partial charge in [-0.05, 0) is 72.2 Å². The van der Waals surface area contributed by atoms with E-state index in [1.807, 2.05) is 38.1 Å². The van der Waals surface area contributed by atoms with Gasteiger partial charge in [0.2, 0.25) is 5.43 Å². The highest BCUT2D eigenvalue weighted by Gasteiger charge is 2.12. The van der Waals surface area contributed by atoms with Gasteiger partial charge in [-0.3, -0.25) is 9.59 Å². The summed E-state index contributed by atoms with van der Waals surface area (Å²) in [6, 6.07) is 19.7. The van der Waals surface area contributed by atoms with Gasteiger partial charge in [0.25, 0.3) is 0 Å². The highest BCUT2D eigenvalue weighted by Crippen LogP contribution is 2.24. The SMILES string of the molecule is COc1ccc(COc2ccc(C(=O)/C=C/c3coc4cccc(OCC(C)C)c4c3=O)cc2)cc1. The summed E-state index contributed by atoms with van der Waals surface area (Å²) in [5, 5.41) is 0.367. The molecule has 1 heterocycles. The Labute approximate surface area is 209 Å². The van der Waals surface area contributed by atoms with Crippen LogP contribution in [0.1, 0.15) is 35.3 Å². The average molecular weight is 485 g/mol. The fourth-order valence-electron chi connectivity index (χ4n) is 3.52. The molecular formula is C30H28O6. The van der Waals surface area contributed by atoms with Gasteiger partial charge in [0.1, 0.15) is 41.1 Å². The first kappa shape index (κ1) is 24.8. The van der Waals surface area contributed by atoms with Crippen LogP contribution in [-0.4, -0.2) is 19.5 Å². The van der Waals surface area contributed by atoms with Crippen LogP contribution in [0.5, 0.6) is 17.2 Å². The molecule has 6 heteroatoms. The lowest BCUT2D eigenvalue weighted by atomic mass is 10.1. The molecule has 0 aliphatic heterocycles. The second kappa shape index (κ2) is 11.4. The van der Waals surface area contributed by atoms with Gasteiger partial charge in [-0.2, -0.15) is 0 Å². The molecule has 0 N–H and O–H groups in total. The molecule has 0 saturated carbocycles. The molecule has 0 radical (unpaired) electrons. The molecule has 0 saturated heterocycles. The summed E-state index contributed by atoms with van der Waals surface area (Å²) in [6.45, 7) is 4.95. The molecule has 0 aliphatic rings. The van der Waals surface area contributed by atoms with E-state index in [1.54, 1.807) is 49.6 Å². The third kappa shape index (κ3) is 6.02. The molecule has 0 bridgehead atoms. The lowest BCUT2D eigenvalue weighted by Crippen LogP contribution is -2.10. The van der Waals surface area contributed by atoms with E-state index in [2.05, 4.69) is 0 Å². The molecule has 0 amide bonds. The number of ketones is 1. The third-order valence-corrected chi connectivity index (χ3v) is 5.48. The fraction of sp³-hybridized carbons (Fsp3) is 0.200. The summed E-state index contributed by atoms with van der Waals surface area (Å²) in [6.07, 6.45) is 4.20. The van der Waals surface area contributed by atoms with Crippen molar-refractivity contribution in [2.45, 2.75) is 20.5 Å². The summed E-state index contributed by atoms with van der Waals surface area (Å²) < 4.78 is 22.4. The topological polar surface area (TPSA) is 75.0 Å². The molecule has 1 aromatic heterocycles. The quantitative estimate of drug-likeness (QED) is 0.194. The molecule has 6 nitrogen and oxygen atoms in total. The molecular weight excluding hydrogens is 456 g/mol. The third-order valence-electron chi connectivity index (χ3n) is 5.48. The van der Waals surface area contributed by atoms with Crippen LogP contribution in [-0.2, 0) is 6.61 Å². The van der Waals surface area contributed by atoms with E-state index in [4.69, 9.17) is 18.6 Å². The highest BCUT2D eigenvalue weighted by molar-refractivity contribution is 6.07. The van der Waals surface area contributed by atoms with Crippen LogP contribution < -0.4 is 19.6 Å². The summed E-state index contributed by atoms with van der Waals surface area (Å²) >= 11 is 0. The molecule has 4 aromatic rings. The van der Waals surface area contributed by atoms with E-state index in [0.717, 1.165) is 11.3 Å². The highest BCUT2D eigenvalue weighted by atomic mass is 16.5. The van der Waals surface area contributed by atoms with Crippen molar-refractivity contribution in [2.24, 2.45) is 5.92 Å². The monoisotopic (exact) mass is 484 g/mol. The number of rotatable bonds is 10. The molecule has 0 spiro atoms. The predicted octanol–water partition coefficient (Wildman–Crippen LogP) is 6.31. The summed E-state index contributed by atoms with van der Waals surface area (Å²) in [7, 11) is 1.62. The van der Waals surface area contributed by atoms with Crippen LogP contribution in [0.3, 0.4) is 0 Å². The Hall–Kier alpha value is -4.32. The zero-order chi connectivity index (χ0) is 25.5. The van der Waals surface area contributed by atoms with Crippen LogP contribution in [0.15, 0.2) is 88.3 Å². The van der Waals surface area contributed by atoms with Crippen LogP contribution in [0.2, 0.25) is 0 Å². The van der Waals surface area contributed by atoms with Crippen LogP contribution in [0, 0.1) is 5.92 Å². The normalized spacial score (nSPS) is 11.2. The number of carbonyl (C=O) groups excluding carboxylic acids is 1. The second-order valence-corrected chi connectivity index (χ2v) is 8.71. The Morgan fingerprint density at radius 2 is 1.67 bits per heavy atom. The van der Waals surface area contributed by atoms with E-state index in [0.29, 0.717) is 47.2 Å². The lowest BCUT2D eigenvalue weighted by molar-refractivity contribution is 0.104. The Morgan fingerprint density at radius 1 is 0.944 bits per heavy atom. The van der Waals surface area contributed by atoms with Gasteiger partial charge in [-0.25, -0.2) is 0 Å². The van der Waals surface area contributed by atoms with Crippen molar-refractivity contribution < 1.29 is 23.4 Å². The smallest absolute Gasteiger partial charge is 0.203 e. The van der Waals surface area contributed by atoms with E-state index in [-0.39, 0.29) is 16.8 Å². The van der Waals surface area contributed by atoms with Gasteiger partial charge in [-0.15, -0.1) is 0 Å². The number of methoxy groups -OCH3 is 1. The molecule has 0 unspecified atom stereocenters. The van der Waals surface area contributed by atoms with Crippen LogP contribution in [0.4, 0.5) is 0 Å². The summed E-state index contributed by atoms with van der Waals surface area (Å²) in [5.41, 5.74) is 1.95. The number of hydrogen-bond acceptors (Lipinski definition) is 6. The number of fused-ring (bicyclic) bond motifs is 1. The van der Waals surface area contributed by atoms with Gasteiger partial charge in [-0.1, -0.05) is 32.0 Å². The lowest BCUT2D eigenvalue weighted by Gasteiger charge is -2.10. The van der Waals surface area contributed by atoms with Crippen molar-refractivity contribution in [1.82, 2.24) is 0 Å². The number of benzene rings is 3. The van der Waals surface area contributed by atoms with Gasteiger partial charge in [0.15, 0.2) is 5.78 Å².